The van der Waals surface area contributed by atoms with Crippen molar-refractivity contribution in [3.8, 4) is 0 Å². The van der Waals surface area contributed by atoms with Crippen molar-refractivity contribution in [2.24, 2.45) is 0 Å². The van der Waals surface area contributed by atoms with E-state index in [-0.39, 0.29) is 6.10 Å². The molecule has 0 aromatic rings. The molecule has 0 aromatic carbocycles. The van der Waals surface area contributed by atoms with Crippen molar-refractivity contribution in [1.82, 2.24) is 0 Å². The molecule has 0 aliphatic rings. The van der Waals surface area contributed by atoms with Crippen LogP contribution in [0.3, 0.4) is 0 Å². The average Bonchev–Trinajstić information content (AvgIpc) is 2.51. The second-order valence-electron chi connectivity index (χ2n) is 5.36. The first-order valence-electron chi connectivity index (χ1n) is 8.41. The highest BCUT2D eigenvalue weighted by atomic mass is 16.4. The van der Waals surface area contributed by atoms with Crippen molar-refractivity contribution < 1.29 is 15.0 Å². The van der Waals surface area contributed by atoms with E-state index in [2.05, 4.69) is 13.0 Å². The number of carboxylic acid groups (broad SMARTS) is 1. The number of aliphatic hydroxyl groups is 1. The van der Waals surface area contributed by atoms with Gasteiger partial charge in [-0.1, -0.05) is 80.9 Å². The van der Waals surface area contributed by atoms with Gasteiger partial charge in [-0.2, -0.15) is 0 Å². The molecule has 0 aromatic heterocycles. The van der Waals surface area contributed by atoms with E-state index in [0.717, 1.165) is 38.2 Å². The van der Waals surface area contributed by atoms with Crippen LogP contribution >= 0.6 is 0 Å². The normalized spacial score (nSPS) is 14.2. The molecule has 0 fully saturated rings. The first kappa shape index (κ1) is 21.1. The Morgan fingerprint density at radius 3 is 2.04 bits per heavy atom. The Kier molecular flexibility index (Phi) is 15.2. The summed E-state index contributed by atoms with van der Waals surface area (Å²) in [5.41, 5.74) is 0. The van der Waals surface area contributed by atoms with Gasteiger partial charge in [0.15, 0.2) is 0 Å². The van der Waals surface area contributed by atoms with Crippen LogP contribution in [0.1, 0.15) is 51.9 Å². The summed E-state index contributed by atoms with van der Waals surface area (Å²) in [6.07, 6.45) is 24.9. The Morgan fingerprint density at radius 1 is 0.870 bits per heavy atom. The lowest BCUT2D eigenvalue weighted by atomic mass is 10.1. The molecule has 0 amide bonds. The highest BCUT2D eigenvalue weighted by Gasteiger charge is 2.01. The summed E-state index contributed by atoms with van der Waals surface area (Å²) in [4.78, 5) is 10.2. The molecule has 3 nitrogen and oxygen atoms in total. The molecule has 23 heavy (non-hydrogen) atoms. The molecule has 1 unspecified atom stereocenters. The molecule has 0 aliphatic heterocycles. The zero-order valence-corrected chi connectivity index (χ0v) is 14.1. The van der Waals surface area contributed by atoms with Gasteiger partial charge in [0.1, 0.15) is 0 Å². The summed E-state index contributed by atoms with van der Waals surface area (Å²) < 4.78 is 0. The summed E-state index contributed by atoms with van der Waals surface area (Å²) in [6, 6.07) is 0. The number of carboxylic acids is 1. The molecule has 3 heteroatoms. The Bertz CT molecular complexity index is 428. The van der Waals surface area contributed by atoms with E-state index in [0.29, 0.717) is 0 Å². The number of hydrogen-bond acceptors (Lipinski definition) is 2. The fourth-order valence-electron chi connectivity index (χ4n) is 1.94. The third kappa shape index (κ3) is 18.1. The Hall–Kier alpha value is -1.87. The van der Waals surface area contributed by atoms with Gasteiger partial charge in [-0.25, -0.2) is 4.79 Å². The Morgan fingerprint density at radius 2 is 1.43 bits per heavy atom. The third-order valence-electron chi connectivity index (χ3n) is 3.20. The van der Waals surface area contributed by atoms with E-state index >= 15 is 0 Å². The zero-order valence-electron chi connectivity index (χ0n) is 14.1. The molecule has 0 rings (SSSR count). The van der Waals surface area contributed by atoms with Crippen LogP contribution in [0.4, 0.5) is 0 Å². The predicted octanol–water partition coefficient (Wildman–Crippen LogP) is 4.96. The van der Waals surface area contributed by atoms with E-state index < -0.39 is 5.97 Å². The van der Waals surface area contributed by atoms with Crippen LogP contribution in [0, 0.1) is 0 Å². The molecule has 0 radical (unpaired) electrons. The maximum absolute atomic E-state index is 10.2. The minimum absolute atomic E-state index is 0.143. The van der Waals surface area contributed by atoms with Gasteiger partial charge in [0, 0.05) is 6.08 Å². The summed E-state index contributed by atoms with van der Waals surface area (Å²) in [6.45, 7) is 2.17. The quantitative estimate of drug-likeness (QED) is 0.286. The second-order valence-corrected chi connectivity index (χ2v) is 5.36. The van der Waals surface area contributed by atoms with Gasteiger partial charge in [0.05, 0.1) is 6.10 Å². The summed E-state index contributed by atoms with van der Waals surface area (Å²) in [5, 5.41) is 18.2. The van der Waals surface area contributed by atoms with Crippen LogP contribution < -0.4 is 0 Å². The van der Waals surface area contributed by atoms with Crippen LogP contribution in [-0.4, -0.2) is 22.3 Å². The number of unbranched alkanes of at least 4 members (excludes halogenated alkanes) is 3. The minimum atomic E-state index is -0.947. The van der Waals surface area contributed by atoms with Gasteiger partial charge in [-0.3, -0.25) is 0 Å². The van der Waals surface area contributed by atoms with Crippen molar-refractivity contribution in [3.05, 3.63) is 60.8 Å². The van der Waals surface area contributed by atoms with Gasteiger partial charge in [-0.15, -0.1) is 0 Å². The van der Waals surface area contributed by atoms with Gasteiger partial charge in [0.2, 0.25) is 0 Å². The minimum Gasteiger partial charge on any atom is -0.478 e. The van der Waals surface area contributed by atoms with E-state index in [1.807, 2.05) is 30.4 Å². The lowest BCUT2D eigenvalue weighted by molar-refractivity contribution is -0.131. The first-order valence-corrected chi connectivity index (χ1v) is 8.41. The molecule has 0 spiro atoms. The molecule has 2 N–H and O–H groups in total. The first-order chi connectivity index (χ1) is 11.2. The molecule has 0 aliphatic carbocycles. The Labute approximate surface area is 140 Å². The average molecular weight is 318 g/mol. The van der Waals surface area contributed by atoms with Crippen LogP contribution in [-0.2, 0) is 4.79 Å². The number of hydrogen-bond donors (Lipinski definition) is 2. The summed E-state index contributed by atoms with van der Waals surface area (Å²) >= 11 is 0. The SMILES string of the molecule is CCCCCC(O)CCCC=CC=CC=CC=CC=CC(=O)O. The standard InChI is InChI=1S/C20H30O3/c1-2-3-13-16-19(21)17-14-11-9-7-5-4-6-8-10-12-15-18-20(22)23/h4-10,12,15,18-19,21H,2-3,11,13-14,16-17H2,1H3,(H,22,23). The molecule has 0 heterocycles. The Balaban J connectivity index is 3.64. The lowest BCUT2D eigenvalue weighted by Crippen LogP contribution is -2.05. The van der Waals surface area contributed by atoms with Gasteiger partial charge in [-0.05, 0) is 25.7 Å². The molecular formula is C20H30O3. The van der Waals surface area contributed by atoms with Crippen LogP contribution in [0.25, 0.3) is 0 Å². The topological polar surface area (TPSA) is 57.5 Å². The maximum Gasteiger partial charge on any atom is 0.328 e. The van der Waals surface area contributed by atoms with Crippen molar-refractivity contribution in [1.29, 1.82) is 0 Å². The van der Waals surface area contributed by atoms with Crippen molar-refractivity contribution in [2.45, 2.75) is 58.0 Å². The third-order valence-corrected chi connectivity index (χ3v) is 3.20. The number of carbonyl (C=O) groups is 1. The highest BCUT2D eigenvalue weighted by molar-refractivity contribution is 5.80. The van der Waals surface area contributed by atoms with Gasteiger partial charge in [0.25, 0.3) is 0 Å². The van der Waals surface area contributed by atoms with E-state index in [9.17, 15) is 9.90 Å². The number of allylic oxidation sites excluding steroid dienone is 9. The van der Waals surface area contributed by atoms with Crippen molar-refractivity contribution in [2.75, 3.05) is 0 Å². The molecular weight excluding hydrogens is 288 g/mol. The lowest BCUT2D eigenvalue weighted by Gasteiger charge is -2.08. The number of aliphatic carboxylic acids is 1. The highest BCUT2D eigenvalue weighted by Crippen LogP contribution is 2.09. The second kappa shape index (κ2) is 16.5. The molecule has 0 bridgehead atoms. The van der Waals surface area contributed by atoms with Crippen LogP contribution in [0.15, 0.2) is 60.8 Å². The summed E-state index contributed by atoms with van der Waals surface area (Å²) in [7, 11) is 0. The van der Waals surface area contributed by atoms with Crippen molar-refractivity contribution >= 4 is 5.97 Å². The summed E-state index contributed by atoms with van der Waals surface area (Å²) in [5.74, 6) is -0.947. The van der Waals surface area contributed by atoms with E-state index in [1.54, 1.807) is 12.2 Å². The van der Waals surface area contributed by atoms with E-state index in [4.69, 9.17) is 5.11 Å². The monoisotopic (exact) mass is 318 g/mol. The number of aliphatic hydroxyl groups excluding tert-OH is 1. The predicted molar refractivity (Wildman–Crippen MR) is 97.3 cm³/mol. The fraction of sp³-hybridized carbons (Fsp3) is 0.450. The fourth-order valence-corrected chi connectivity index (χ4v) is 1.94. The zero-order chi connectivity index (χ0) is 17.2. The largest absolute Gasteiger partial charge is 0.478 e. The molecule has 0 saturated carbocycles. The molecule has 128 valence electrons. The van der Waals surface area contributed by atoms with Crippen LogP contribution in [0.2, 0.25) is 0 Å². The molecule has 1 atom stereocenters. The van der Waals surface area contributed by atoms with Gasteiger partial charge >= 0.3 is 5.97 Å². The number of rotatable bonds is 13. The van der Waals surface area contributed by atoms with E-state index in [1.165, 1.54) is 18.9 Å². The smallest absolute Gasteiger partial charge is 0.328 e. The maximum atomic E-state index is 10.2. The van der Waals surface area contributed by atoms with Crippen LogP contribution in [0.5, 0.6) is 0 Å². The molecule has 0 saturated heterocycles. The van der Waals surface area contributed by atoms with Gasteiger partial charge < -0.3 is 10.2 Å². The van der Waals surface area contributed by atoms with Crippen molar-refractivity contribution in [3.63, 3.8) is 0 Å².